The molecule has 1 atom stereocenters. The third kappa shape index (κ3) is 4.64. The van der Waals surface area contributed by atoms with Crippen molar-refractivity contribution in [1.82, 2.24) is 19.4 Å². The highest BCUT2D eigenvalue weighted by Gasteiger charge is 2.32. The monoisotopic (exact) mass is 418 g/mol. The number of likely N-dealkylation sites (N-methyl/N-ethyl adjacent to an activating group) is 1. The molecule has 0 bridgehead atoms. The lowest BCUT2D eigenvalue weighted by atomic mass is 10.0. The lowest BCUT2D eigenvalue weighted by Crippen LogP contribution is -2.43. The second-order valence-corrected chi connectivity index (χ2v) is 8.61. The Bertz CT molecular complexity index is 934. The minimum absolute atomic E-state index is 0.0799. The third-order valence-corrected chi connectivity index (χ3v) is 6.11. The summed E-state index contributed by atoms with van der Waals surface area (Å²) in [7, 11) is 4.00. The molecule has 1 aromatic heterocycles. The number of carbonyl (C=O) groups excluding carboxylic acids is 1. The normalized spacial score (nSPS) is 15.9. The summed E-state index contributed by atoms with van der Waals surface area (Å²) in [6.45, 7) is 5.79. The Morgan fingerprint density at radius 3 is 2.59 bits per heavy atom. The lowest BCUT2D eigenvalue weighted by Gasteiger charge is -2.33. The van der Waals surface area contributed by atoms with Crippen LogP contribution in [0.25, 0.3) is 10.9 Å². The van der Waals surface area contributed by atoms with Gasteiger partial charge in [0.1, 0.15) is 5.82 Å². The Morgan fingerprint density at radius 1 is 1.28 bits per heavy atom. The van der Waals surface area contributed by atoms with Gasteiger partial charge in [0.2, 0.25) is 5.91 Å². The largest absolute Gasteiger partial charge is 0.331 e. The van der Waals surface area contributed by atoms with Crippen molar-refractivity contribution >= 4 is 28.4 Å². The molecule has 1 heterocycles. The average molecular weight is 419 g/mol. The summed E-state index contributed by atoms with van der Waals surface area (Å²) in [4.78, 5) is 35.2. The molecule has 1 aliphatic carbocycles. The van der Waals surface area contributed by atoms with Gasteiger partial charge in [0.05, 0.1) is 16.9 Å². The first-order chi connectivity index (χ1) is 13.8. The molecule has 1 amide bonds. The first-order valence-corrected chi connectivity index (χ1v) is 10.9. The number of rotatable bonds is 7. The number of carbonyl (C=O) groups is 1. The second kappa shape index (κ2) is 9.26. The fourth-order valence-electron chi connectivity index (χ4n) is 4.18. The minimum atomic E-state index is -0.293. The van der Waals surface area contributed by atoms with Crippen LogP contribution in [0.4, 0.5) is 0 Å². The predicted octanol–water partition coefficient (Wildman–Crippen LogP) is 3.71. The lowest BCUT2D eigenvalue weighted by molar-refractivity contribution is -0.138. The van der Waals surface area contributed by atoms with Crippen LogP contribution in [-0.2, 0) is 11.3 Å². The summed E-state index contributed by atoms with van der Waals surface area (Å²) >= 11 is 6.14. The van der Waals surface area contributed by atoms with E-state index >= 15 is 0 Å². The van der Waals surface area contributed by atoms with Gasteiger partial charge in [-0.05, 0) is 59.0 Å². The molecule has 3 rings (SSSR count). The van der Waals surface area contributed by atoms with E-state index in [9.17, 15) is 9.59 Å². The van der Waals surface area contributed by atoms with E-state index in [0.717, 1.165) is 32.2 Å². The molecule has 7 heteroatoms. The van der Waals surface area contributed by atoms with Crippen LogP contribution in [0.2, 0.25) is 5.02 Å². The number of hydrogen-bond acceptors (Lipinski definition) is 4. The molecule has 158 valence electrons. The number of amides is 1. The van der Waals surface area contributed by atoms with Gasteiger partial charge in [-0.2, -0.15) is 0 Å². The molecule has 6 nitrogen and oxygen atoms in total. The van der Waals surface area contributed by atoms with E-state index < -0.39 is 0 Å². The SMILES string of the molecule is CCn1c(C(C)N(CCN(C)C)C(=O)C2CCCC2)nc2cc(Cl)ccc2c1=O. The van der Waals surface area contributed by atoms with Crippen LogP contribution >= 0.6 is 11.6 Å². The maximum atomic E-state index is 13.3. The van der Waals surface area contributed by atoms with Gasteiger partial charge >= 0.3 is 0 Å². The number of benzene rings is 1. The van der Waals surface area contributed by atoms with Crippen molar-refractivity contribution in [2.45, 2.75) is 52.1 Å². The van der Waals surface area contributed by atoms with Crippen molar-refractivity contribution in [3.63, 3.8) is 0 Å². The van der Waals surface area contributed by atoms with Crippen LogP contribution in [0.15, 0.2) is 23.0 Å². The number of aromatic nitrogens is 2. The number of halogens is 1. The van der Waals surface area contributed by atoms with Crippen LogP contribution in [0, 0.1) is 5.92 Å². The summed E-state index contributed by atoms with van der Waals surface area (Å²) in [5, 5.41) is 1.10. The fraction of sp³-hybridized carbons (Fsp3) is 0.591. The maximum Gasteiger partial charge on any atom is 0.261 e. The molecular formula is C22H31ClN4O2. The topological polar surface area (TPSA) is 58.4 Å². The summed E-state index contributed by atoms with van der Waals surface area (Å²) in [5.74, 6) is 0.883. The first kappa shape index (κ1) is 21.8. The Labute approximate surface area is 177 Å². The Balaban J connectivity index is 2.05. The average Bonchev–Trinajstić information content (AvgIpc) is 3.22. The van der Waals surface area contributed by atoms with E-state index in [2.05, 4.69) is 4.90 Å². The van der Waals surface area contributed by atoms with Gasteiger partial charge in [0, 0.05) is 30.6 Å². The van der Waals surface area contributed by atoms with Crippen LogP contribution in [0.1, 0.15) is 51.4 Å². The molecule has 0 saturated heterocycles. The Morgan fingerprint density at radius 2 is 1.97 bits per heavy atom. The minimum Gasteiger partial charge on any atom is -0.331 e. The highest BCUT2D eigenvalue weighted by molar-refractivity contribution is 6.31. The van der Waals surface area contributed by atoms with Crippen molar-refractivity contribution < 1.29 is 4.79 Å². The van der Waals surface area contributed by atoms with Crippen molar-refractivity contribution in [3.05, 3.63) is 39.4 Å². The fourth-order valence-corrected chi connectivity index (χ4v) is 4.35. The molecule has 0 radical (unpaired) electrons. The number of fused-ring (bicyclic) bond motifs is 1. The van der Waals surface area contributed by atoms with Crippen LogP contribution in [-0.4, -0.2) is 52.4 Å². The molecule has 1 aliphatic rings. The van der Waals surface area contributed by atoms with Gasteiger partial charge in [0.15, 0.2) is 0 Å². The molecule has 1 aromatic carbocycles. The molecule has 0 N–H and O–H groups in total. The molecule has 0 aliphatic heterocycles. The van der Waals surface area contributed by atoms with Crippen LogP contribution in [0.3, 0.4) is 0 Å². The van der Waals surface area contributed by atoms with Gasteiger partial charge in [-0.1, -0.05) is 24.4 Å². The number of nitrogens with zero attached hydrogens (tertiary/aromatic N) is 4. The van der Waals surface area contributed by atoms with E-state index in [0.29, 0.717) is 34.8 Å². The van der Waals surface area contributed by atoms with E-state index in [-0.39, 0.29) is 23.4 Å². The van der Waals surface area contributed by atoms with Crippen molar-refractivity contribution in [2.24, 2.45) is 5.92 Å². The van der Waals surface area contributed by atoms with Gasteiger partial charge in [-0.15, -0.1) is 0 Å². The predicted molar refractivity (Wildman–Crippen MR) is 117 cm³/mol. The van der Waals surface area contributed by atoms with Crippen molar-refractivity contribution in [1.29, 1.82) is 0 Å². The second-order valence-electron chi connectivity index (χ2n) is 8.17. The van der Waals surface area contributed by atoms with Gasteiger partial charge in [0.25, 0.3) is 5.56 Å². The Hall–Kier alpha value is -1.92. The van der Waals surface area contributed by atoms with Gasteiger partial charge in [-0.25, -0.2) is 4.98 Å². The molecular weight excluding hydrogens is 388 g/mol. The zero-order valence-corrected chi connectivity index (χ0v) is 18.6. The molecule has 2 aromatic rings. The van der Waals surface area contributed by atoms with E-state index in [1.54, 1.807) is 22.8 Å². The highest BCUT2D eigenvalue weighted by Crippen LogP contribution is 2.30. The zero-order valence-electron chi connectivity index (χ0n) is 17.8. The third-order valence-electron chi connectivity index (χ3n) is 5.88. The molecule has 1 fully saturated rings. The van der Waals surface area contributed by atoms with Crippen molar-refractivity contribution in [3.8, 4) is 0 Å². The quantitative estimate of drug-likeness (QED) is 0.687. The molecule has 1 unspecified atom stereocenters. The summed E-state index contributed by atoms with van der Waals surface area (Å²) < 4.78 is 1.69. The highest BCUT2D eigenvalue weighted by atomic mass is 35.5. The first-order valence-electron chi connectivity index (χ1n) is 10.5. The molecule has 1 saturated carbocycles. The molecule has 0 spiro atoms. The number of hydrogen-bond donors (Lipinski definition) is 0. The Kier molecular flexibility index (Phi) is 6.96. The summed E-state index contributed by atoms with van der Waals surface area (Å²) in [5.41, 5.74) is 0.492. The standard InChI is InChI=1S/C22H31ClN4O2/c1-5-26-20(24-19-14-17(23)10-11-18(19)22(26)29)15(2)27(13-12-25(3)4)21(28)16-8-6-7-9-16/h10-11,14-16H,5-9,12-13H2,1-4H3. The van der Waals surface area contributed by atoms with E-state index in [1.807, 2.05) is 32.8 Å². The van der Waals surface area contributed by atoms with E-state index in [1.165, 1.54) is 0 Å². The summed E-state index contributed by atoms with van der Waals surface area (Å²) in [6.07, 6.45) is 4.12. The maximum absolute atomic E-state index is 13.3. The van der Waals surface area contributed by atoms with E-state index in [4.69, 9.17) is 16.6 Å². The summed E-state index contributed by atoms with van der Waals surface area (Å²) in [6, 6.07) is 4.86. The van der Waals surface area contributed by atoms with Gasteiger partial charge in [-0.3, -0.25) is 14.2 Å². The smallest absolute Gasteiger partial charge is 0.261 e. The zero-order chi connectivity index (χ0) is 21.1. The van der Waals surface area contributed by atoms with Crippen molar-refractivity contribution in [2.75, 3.05) is 27.2 Å². The van der Waals surface area contributed by atoms with Gasteiger partial charge < -0.3 is 9.80 Å². The van der Waals surface area contributed by atoms with Crippen LogP contribution in [0.5, 0.6) is 0 Å². The van der Waals surface area contributed by atoms with Crippen LogP contribution < -0.4 is 5.56 Å². The molecule has 29 heavy (non-hydrogen) atoms.